The molecule has 0 unspecified atom stereocenters. The third-order valence-corrected chi connectivity index (χ3v) is 6.68. The van der Waals surface area contributed by atoms with Crippen molar-refractivity contribution in [1.29, 1.82) is 0 Å². The number of nitrogens with zero attached hydrogens (tertiary/aromatic N) is 1. The molecular formula is C21H21F5N2O4S. The van der Waals surface area contributed by atoms with E-state index in [9.17, 15) is 31.3 Å². The number of alkyl halides is 3. The second-order valence-electron chi connectivity index (χ2n) is 7.77. The first kappa shape index (κ1) is 25.2. The van der Waals surface area contributed by atoms with Crippen LogP contribution in [0.4, 0.5) is 27.6 Å². The van der Waals surface area contributed by atoms with Crippen molar-refractivity contribution in [1.82, 2.24) is 4.98 Å². The van der Waals surface area contributed by atoms with Crippen molar-refractivity contribution in [3.63, 3.8) is 0 Å². The van der Waals surface area contributed by atoms with Crippen LogP contribution < -0.4 is 10.1 Å². The topological polar surface area (TPSA) is 83.5 Å². The number of pyridine rings is 1. The lowest BCUT2D eigenvalue weighted by Gasteiger charge is -2.32. The summed E-state index contributed by atoms with van der Waals surface area (Å²) < 4.78 is 91.8. The van der Waals surface area contributed by atoms with Gasteiger partial charge in [-0.15, -0.1) is 0 Å². The Labute approximate surface area is 189 Å². The van der Waals surface area contributed by atoms with Crippen molar-refractivity contribution in [3.8, 4) is 5.75 Å². The molecule has 1 saturated heterocycles. The molecule has 1 amide bonds. The first-order valence-corrected chi connectivity index (χ1v) is 11.2. The SMILES string of the molecule is COc1c([C@@H]2[C@@H](C(=O)Nc3ccnc([S@@+](C)[O-])c3)O[C@](C)(C(F)(F)F)[C@@H]2C)ccc(F)c1F. The van der Waals surface area contributed by atoms with Gasteiger partial charge in [0.05, 0.1) is 7.11 Å². The number of aromatic nitrogens is 1. The number of anilines is 1. The lowest BCUT2D eigenvalue weighted by atomic mass is 9.77. The van der Waals surface area contributed by atoms with E-state index in [1.54, 1.807) is 0 Å². The van der Waals surface area contributed by atoms with Gasteiger partial charge >= 0.3 is 6.18 Å². The fourth-order valence-corrected chi connectivity index (χ4v) is 4.40. The molecule has 33 heavy (non-hydrogen) atoms. The van der Waals surface area contributed by atoms with Crippen molar-refractivity contribution in [2.75, 3.05) is 18.7 Å². The fourth-order valence-electron chi connectivity index (χ4n) is 3.90. The van der Waals surface area contributed by atoms with Crippen LogP contribution in [0.3, 0.4) is 0 Å². The molecule has 5 atom stereocenters. The Morgan fingerprint density at radius 2 is 1.97 bits per heavy atom. The Morgan fingerprint density at radius 1 is 1.30 bits per heavy atom. The van der Waals surface area contributed by atoms with Gasteiger partial charge in [-0.25, -0.2) is 9.37 Å². The van der Waals surface area contributed by atoms with Crippen LogP contribution in [0.5, 0.6) is 5.75 Å². The first-order valence-electron chi connectivity index (χ1n) is 9.68. The molecule has 0 bridgehead atoms. The molecule has 1 aliphatic heterocycles. The highest BCUT2D eigenvalue weighted by Gasteiger charge is 2.65. The Balaban J connectivity index is 2.07. The van der Waals surface area contributed by atoms with Crippen molar-refractivity contribution < 1.29 is 40.8 Å². The maximum Gasteiger partial charge on any atom is 0.417 e. The van der Waals surface area contributed by atoms with Crippen molar-refractivity contribution in [2.45, 2.75) is 42.7 Å². The van der Waals surface area contributed by atoms with Crippen LogP contribution in [0, 0.1) is 17.6 Å². The van der Waals surface area contributed by atoms with Crippen molar-refractivity contribution in [2.24, 2.45) is 5.92 Å². The number of carbonyl (C=O) groups is 1. The van der Waals surface area contributed by atoms with Crippen LogP contribution in [-0.2, 0) is 20.7 Å². The zero-order valence-corrected chi connectivity index (χ0v) is 18.8. The zero-order chi connectivity index (χ0) is 24.7. The van der Waals surface area contributed by atoms with E-state index in [-0.39, 0.29) is 16.3 Å². The van der Waals surface area contributed by atoms with Gasteiger partial charge in [0.1, 0.15) is 12.4 Å². The summed E-state index contributed by atoms with van der Waals surface area (Å²) in [6.45, 7) is 2.02. The molecule has 0 radical (unpaired) electrons. The molecule has 0 aliphatic carbocycles. The highest BCUT2D eigenvalue weighted by molar-refractivity contribution is 7.90. The summed E-state index contributed by atoms with van der Waals surface area (Å²) in [5.74, 6) is -6.89. The number of halogens is 5. The molecule has 0 spiro atoms. The highest BCUT2D eigenvalue weighted by Crippen LogP contribution is 2.55. The molecule has 1 fully saturated rings. The van der Waals surface area contributed by atoms with Gasteiger partial charge in [0.25, 0.3) is 5.91 Å². The molecule has 1 aliphatic rings. The molecule has 2 heterocycles. The predicted octanol–water partition coefficient (Wildman–Crippen LogP) is 4.18. The maximum absolute atomic E-state index is 14.4. The van der Waals surface area contributed by atoms with Crippen LogP contribution in [-0.4, -0.2) is 46.7 Å². The minimum atomic E-state index is -4.87. The van der Waals surface area contributed by atoms with Gasteiger partial charge in [-0.05, 0) is 19.1 Å². The number of ether oxygens (including phenoxy) is 2. The van der Waals surface area contributed by atoms with Crippen LogP contribution in [0.1, 0.15) is 25.3 Å². The number of benzene rings is 1. The molecule has 12 heteroatoms. The van der Waals surface area contributed by atoms with Crippen LogP contribution >= 0.6 is 0 Å². The zero-order valence-electron chi connectivity index (χ0n) is 18.0. The van der Waals surface area contributed by atoms with E-state index in [1.165, 1.54) is 31.5 Å². The number of hydrogen-bond donors (Lipinski definition) is 1. The number of nitrogens with one attached hydrogen (secondary N) is 1. The first-order chi connectivity index (χ1) is 15.3. The summed E-state index contributed by atoms with van der Waals surface area (Å²) in [5, 5.41) is 2.58. The van der Waals surface area contributed by atoms with E-state index in [1.807, 2.05) is 0 Å². The summed E-state index contributed by atoms with van der Waals surface area (Å²) in [7, 11) is 1.04. The molecule has 1 aromatic heterocycles. The minimum absolute atomic E-state index is 0.132. The van der Waals surface area contributed by atoms with E-state index in [0.29, 0.717) is 0 Å². The maximum atomic E-state index is 14.4. The molecule has 2 aromatic rings. The quantitative estimate of drug-likeness (QED) is 0.500. The van der Waals surface area contributed by atoms with E-state index < -0.39 is 64.2 Å². The smallest absolute Gasteiger partial charge is 0.417 e. The van der Waals surface area contributed by atoms with Gasteiger partial charge in [0.2, 0.25) is 10.8 Å². The summed E-state index contributed by atoms with van der Waals surface area (Å²) in [6.07, 6.45) is -3.95. The predicted molar refractivity (Wildman–Crippen MR) is 109 cm³/mol. The fraction of sp³-hybridized carbons (Fsp3) is 0.429. The molecule has 6 nitrogen and oxygen atoms in total. The standard InChI is InChI=1S/C21H21F5N2O4S/c1-10-15(12-5-6-13(22)16(23)17(12)31-3)18(32-20(10,2)21(24,25)26)19(29)28-11-7-8-27-14(9-11)33(4)30/h5-10,15,18H,1-4H3,(H,27,28,29)/t10-,15-,18+,20+,33-/m1/s1. The number of rotatable bonds is 5. The molecule has 1 N–H and O–H groups in total. The Hall–Kier alpha value is -2.44. The number of carbonyl (C=O) groups excluding carboxylic acids is 1. The summed E-state index contributed by atoms with van der Waals surface area (Å²) in [4.78, 5) is 17.0. The van der Waals surface area contributed by atoms with E-state index >= 15 is 0 Å². The average molecular weight is 492 g/mol. The molecule has 3 rings (SSSR count). The van der Waals surface area contributed by atoms with Crippen molar-refractivity contribution >= 4 is 22.8 Å². The summed E-state index contributed by atoms with van der Waals surface area (Å²) in [6, 6.07) is 4.50. The second kappa shape index (κ2) is 9.07. The van der Waals surface area contributed by atoms with Crippen LogP contribution in [0.2, 0.25) is 0 Å². The largest absolute Gasteiger partial charge is 0.610 e. The monoisotopic (exact) mass is 492 g/mol. The third kappa shape index (κ3) is 4.51. The van der Waals surface area contributed by atoms with Gasteiger partial charge < -0.3 is 19.3 Å². The van der Waals surface area contributed by atoms with E-state index in [4.69, 9.17) is 9.47 Å². The summed E-state index contributed by atoms with van der Waals surface area (Å²) >= 11 is -1.47. The van der Waals surface area contributed by atoms with Gasteiger partial charge in [-0.1, -0.05) is 13.0 Å². The number of methoxy groups -OCH3 is 1. The normalized spacial score (nSPS) is 26.2. The lowest BCUT2D eigenvalue weighted by molar-refractivity contribution is -0.272. The van der Waals surface area contributed by atoms with Gasteiger partial charge in [-0.2, -0.15) is 17.6 Å². The lowest BCUT2D eigenvalue weighted by Crippen LogP contribution is -2.47. The Morgan fingerprint density at radius 3 is 2.55 bits per heavy atom. The van der Waals surface area contributed by atoms with Crippen LogP contribution in [0.15, 0.2) is 35.5 Å². The van der Waals surface area contributed by atoms with Gasteiger partial charge in [-0.3, -0.25) is 4.79 Å². The molecule has 0 saturated carbocycles. The summed E-state index contributed by atoms with van der Waals surface area (Å²) in [5.41, 5.74) is -2.76. The van der Waals surface area contributed by atoms with Gasteiger partial charge in [0, 0.05) is 46.5 Å². The Bertz CT molecular complexity index is 1050. The van der Waals surface area contributed by atoms with E-state index in [0.717, 1.165) is 26.2 Å². The molecule has 1 aromatic carbocycles. The Kier molecular flexibility index (Phi) is 6.92. The minimum Gasteiger partial charge on any atom is -0.610 e. The van der Waals surface area contributed by atoms with E-state index in [2.05, 4.69) is 10.3 Å². The highest BCUT2D eigenvalue weighted by atomic mass is 32.2. The second-order valence-corrected chi connectivity index (χ2v) is 9.09. The van der Waals surface area contributed by atoms with Crippen molar-refractivity contribution in [3.05, 3.63) is 47.7 Å². The number of hydrogen-bond acceptors (Lipinski definition) is 5. The molecule has 180 valence electrons. The average Bonchev–Trinajstić information content (AvgIpc) is 3.02. The van der Waals surface area contributed by atoms with Gasteiger partial charge in [0.15, 0.2) is 17.2 Å². The third-order valence-electron chi connectivity index (χ3n) is 5.87. The number of amides is 1. The molecular weight excluding hydrogens is 471 g/mol. The van der Waals surface area contributed by atoms with Crippen LogP contribution in [0.25, 0.3) is 0 Å².